The molecule has 0 atom stereocenters. The molecule has 0 aliphatic heterocycles. The Morgan fingerprint density at radius 2 is 1.56 bits per heavy atom. The van der Waals surface area contributed by atoms with E-state index in [0.29, 0.717) is 11.5 Å². The maximum atomic E-state index is 10.7. The number of aromatic hydroxyl groups is 1. The first-order chi connectivity index (χ1) is 13.2. The van der Waals surface area contributed by atoms with Gasteiger partial charge in [-0.1, -0.05) is 70.5 Å². The van der Waals surface area contributed by atoms with Gasteiger partial charge in [-0.15, -0.1) is 0 Å². The highest BCUT2D eigenvalue weighted by Crippen LogP contribution is 2.43. The molecule has 4 heteroatoms. The molecule has 27 heavy (non-hydrogen) atoms. The fourth-order valence-electron chi connectivity index (χ4n) is 3.45. The van der Waals surface area contributed by atoms with Gasteiger partial charge < -0.3 is 9.52 Å². The largest absolute Gasteiger partial charge is 0.507 e. The Labute approximate surface area is 164 Å². The first-order valence-corrected chi connectivity index (χ1v) is 9.37. The summed E-state index contributed by atoms with van der Waals surface area (Å²) in [5.41, 5.74) is 3.95. The predicted molar refractivity (Wildman–Crippen MR) is 112 cm³/mol. The van der Waals surface area contributed by atoms with E-state index in [9.17, 15) is 5.11 Å². The van der Waals surface area contributed by atoms with Crippen molar-refractivity contribution >= 4 is 37.8 Å². The van der Waals surface area contributed by atoms with E-state index in [1.165, 1.54) is 0 Å². The Kier molecular flexibility index (Phi) is 3.73. The van der Waals surface area contributed by atoms with Gasteiger partial charge in [0.15, 0.2) is 5.58 Å². The summed E-state index contributed by atoms with van der Waals surface area (Å²) in [5, 5.41) is 12.7. The molecule has 1 N–H and O–H groups in total. The van der Waals surface area contributed by atoms with Gasteiger partial charge in [-0.05, 0) is 35.0 Å². The first-order valence-electron chi connectivity index (χ1n) is 8.58. The highest BCUT2D eigenvalue weighted by Gasteiger charge is 2.18. The SMILES string of the molecule is Oc1cc(Br)c2ccccc2c1-c1cccc2oc(-c3ccccc3)nc12. The molecule has 0 aliphatic rings. The molecule has 4 aromatic carbocycles. The number of phenolic OH excluding ortho intramolecular Hbond substituents is 1. The van der Waals surface area contributed by atoms with Gasteiger partial charge in [0.05, 0.1) is 0 Å². The Hall–Kier alpha value is -3.11. The third kappa shape index (κ3) is 2.61. The van der Waals surface area contributed by atoms with Crippen molar-refractivity contribution < 1.29 is 9.52 Å². The first kappa shape index (κ1) is 16.1. The van der Waals surface area contributed by atoms with E-state index in [1.807, 2.05) is 72.8 Å². The zero-order valence-electron chi connectivity index (χ0n) is 14.2. The molecule has 0 saturated heterocycles. The van der Waals surface area contributed by atoms with Crippen molar-refractivity contribution in [2.75, 3.05) is 0 Å². The van der Waals surface area contributed by atoms with Crippen LogP contribution in [0.5, 0.6) is 5.75 Å². The van der Waals surface area contributed by atoms with Crippen LogP contribution in [0.15, 0.2) is 87.8 Å². The number of hydrogen-bond acceptors (Lipinski definition) is 3. The topological polar surface area (TPSA) is 46.3 Å². The zero-order chi connectivity index (χ0) is 18.4. The molecular formula is C23H14BrNO2. The average Bonchev–Trinajstić information content (AvgIpc) is 3.14. The second kappa shape index (κ2) is 6.25. The van der Waals surface area contributed by atoms with Gasteiger partial charge >= 0.3 is 0 Å². The number of phenols is 1. The normalized spacial score (nSPS) is 11.3. The van der Waals surface area contributed by atoms with E-state index >= 15 is 0 Å². The minimum absolute atomic E-state index is 0.206. The minimum atomic E-state index is 0.206. The number of benzene rings is 4. The predicted octanol–water partition coefficient (Wildman–Crippen LogP) is 6.78. The van der Waals surface area contributed by atoms with Crippen LogP contribution < -0.4 is 0 Å². The maximum Gasteiger partial charge on any atom is 0.227 e. The van der Waals surface area contributed by atoms with E-state index < -0.39 is 0 Å². The molecular weight excluding hydrogens is 402 g/mol. The fourth-order valence-corrected chi connectivity index (χ4v) is 4.02. The average molecular weight is 416 g/mol. The molecule has 0 aliphatic carbocycles. The van der Waals surface area contributed by atoms with Gasteiger partial charge in [-0.25, -0.2) is 4.98 Å². The zero-order valence-corrected chi connectivity index (χ0v) is 15.8. The standard InChI is InChI=1S/C23H14BrNO2/c24-18-13-19(26)21(16-10-5-4-9-15(16)18)17-11-6-12-20-22(17)25-23(27-20)14-7-2-1-3-8-14/h1-13,26H. The lowest BCUT2D eigenvalue weighted by molar-refractivity contribution is 0.478. The van der Waals surface area contributed by atoms with Crippen LogP contribution in [0, 0.1) is 0 Å². The fraction of sp³-hybridized carbons (Fsp3) is 0. The van der Waals surface area contributed by atoms with Gasteiger partial charge in [-0.3, -0.25) is 0 Å². The van der Waals surface area contributed by atoms with Crippen molar-refractivity contribution in [2.24, 2.45) is 0 Å². The lowest BCUT2D eigenvalue weighted by atomic mass is 9.96. The summed E-state index contributed by atoms with van der Waals surface area (Å²) in [6.07, 6.45) is 0. The molecule has 0 saturated carbocycles. The van der Waals surface area contributed by atoms with Gasteiger partial charge in [0.1, 0.15) is 11.3 Å². The van der Waals surface area contributed by atoms with Crippen LogP contribution in [-0.4, -0.2) is 10.1 Å². The van der Waals surface area contributed by atoms with E-state index in [4.69, 9.17) is 9.40 Å². The molecule has 3 nitrogen and oxygen atoms in total. The van der Waals surface area contributed by atoms with E-state index in [-0.39, 0.29) is 5.75 Å². The molecule has 1 heterocycles. The van der Waals surface area contributed by atoms with Crippen molar-refractivity contribution in [1.82, 2.24) is 4.98 Å². The monoisotopic (exact) mass is 415 g/mol. The van der Waals surface area contributed by atoms with Gasteiger partial charge in [0.25, 0.3) is 0 Å². The minimum Gasteiger partial charge on any atom is -0.507 e. The summed E-state index contributed by atoms with van der Waals surface area (Å²) in [7, 11) is 0. The van der Waals surface area contributed by atoms with Crippen LogP contribution in [0.3, 0.4) is 0 Å². The summed E-state index contributed by atoms with van der Waals surface area (Å²) >= 11 is 3.54. The second-order valence-corrected chi connectivity index (χ2v) is 7.19. The van der Waals surface area contributed by atoms with Crippen molar-refractivity contribution in [1.29, 1.82) is 0 Å². The Morgan fingerprint density at radius 3 is 2.37 bits per heavy atom. The number of aromatic nitrogens is 1. The lowest BCUT2D eigenvalue weighted by Gasteiger charge is -2.11. The van der Waals surface area contributed by atoms with E-state index in [1.54, 1.807) is 6.07 Å². The molecule has 0 spiro atoms. The number of oxazole rings is 1. The highest BCUT2D eigenvalue weighted by molar-refractivity contribution is 9.10. The smallest absolute Gasteiger partial charge is 0.227 e. The molecule has 5 rings (SSSR count). The number of rotatable bonds is 2. The molecule has 1 aromatic heterocycles. The molecule has 5 aromatic rings. The van der Waals surface area contributed by atoms with E-state index in [2.05, 4.69) is 15.9 Å². The summed E-state index contributed by atoms with van der Waals surface area (Å²) in [5.74, 6) is 0.774. The molecule has 0 radical (unpaired) electrons. The van der Waals surface area contributed by atoms with Crippen molar-refractivity contribution in [3.8, 4) is 28.3 Å². The molecule has 0 amide bonds. The van der Waals surface area contributed by atoms with Crippen molar-refractivity contribution in [2.45, 2.75) is 0 Å². The summed E-state index contributed by atoms with van der Waals surface area (Å²) < 4.78 is 6.85. The van der Waals surface area contributed by atoms with Gasteiger partial charge in [0.2, 0.25) is 5.89 Å². The quantitative estimate of drug-likeness (QED) is 0.345. The second-order valence-electron chi connectivity index (χ2n) is 6.34. The van der Waals surface area contributed by atoms with Crippen LogP contribution >= 0.6 is 15.9 Å². The summed E-state index contributed by atoms with van der Waals surface area (Å²) in [6, 6.07) is 25.3. The summed E-state index contributed by atoms with van der Waals surface area (Å²) in [4.78, 5) is 4.74. The highest BCUT2D eigenvalue weighted by atomic mass is 79.9. The Morgan fingerprint density at radius 1 is 0.815 bits per heavy atom. The van der Waals surface area contributed by atoms with Crippen LogP contribution in [0.2, 0.25) is 0 Å². The number of nitrogens with zero attached hydrogens (tertiary/aromatic N) is 1. The Bertz CT molecular complexity index is 1290. The molecule has 0 unspecified atom stereocenters. The molecule has 130 valence electrons. The number of fused-ring (bicyclic) bond motifs is 2. The molecule has 0 bridgehead atoms. The third-order valence-corrected chi connectivity index (χ3v) is 5.34. The number of para-hydroxylation sites is 1. The van der Waals surface area contributed by atoms with Gasteiger partial charge in [0, 0.05) is 21.2 Å². The summed E-state index contributed by atoms with van der Waals surface area (Å²) in [6.45, 7) is 0. The van der Waals surface area contributed by atoms with E-state index in [0.717, 1.165) is 37.5 Å². The van der Waals surface area contributed by atoms with Crippen LogP contribution in [-0.2, 0) is 0 Å². The Balaban J connectivity index is 1.82. The van der Waals surface area contributed by atoms with Crippen LogP contribution in [0.25, 0.3) is 44.5 Å². The van der Waals surface area contributed by atoms with Crippen molar-refractivity contribution in [3.63, 3.8) is 0 Å². The third-order valence-electron chi connectivity index (χ3n) is 4.68. The van der Waals surface area contributed by atoms with Gasteiger partial charge in [-0.2, -0.15) is 0 Å². The molecule has 0 fully saturated rings. The lowest BCUT2D eigenvalue weighted by Crippen LogP contribution is -1.86. The van der Waals surface area contributed by atoms with Crippen molar-refractivity contribution in [3.05, 3.63) is 83.3 Å². The number of hydrogen-bond donors (Lipinski definition) is 1. The van der Waals surface area contributed by atoms with Crippen LogP contribution in [0.1, 0.15) is 0 Å². The number of halogens is 1. The maximum absolute atomic E-state index is 10.7. The van der Waals surface area contributed by atoms with Crippen LogP contribution in [0.4, 0.5) is 0 Å².